The molecule has 0 aromatic heterocycles. The summed E-state index contributed by atoms with van der Waals surface area (Å²) < 4.78 is 12.7. The van der Waals surface area contributed by atoms with Crippen LogP contribution in [0.3, 0.4) is 0 Å². The van der Waals surface area contributed by atoms with Crippen LogP contribution in [0.15, 0.2) is 47.6 Å². The molecule has 19 heavy (non-hydrogen) atoms. The van der Waals surface area contributed by atoms with Crippen LogP contribution in [0.5, 0.6) is 0 Å². The second kappa shape index (κ2) is 7.74. The predicted molar refractivity (Wildman–Crippen MR) is 78.5 cm³/mol. The van der Waals surface area contributed by atoms with E-state index in [0.717, 1.165) is 18.4 Å². The fourth-order valence-electron chi connectivity index (χ4n) is 1.70. The summed E-state index contributed by atoms with van der Waals surface area (Å²) in [5.74, 6) is -0.284. The van der Waals surface area contributed by atoms with E-state index in [0.29, 0.717) is 5.69 Å². The molecule has 0 saturated heterocycles. The van der Waals surface area contributed by atoms with Crippen LogP contribution in [0, 0.1) is 5.82 Å². The van der Waals surface area contributed by atoms with E-state index in [1.807, 2.05) is 6.92 Å². The van der Waals surface area contributed by atoms with Crippen molar-refractivity contribution in [3.63, 3.8) is 0 Å². The van der Waals surface area contributed by atoms with E-state index < -0.39 is 6.23 Å². The van der Waals surface area contributed by atoms with Gasteiger partial charge < -0.3 is 10.4 Å². The Labute approximate surface area is 114 Å². The van der Waals surface area contributed by atoms with Gasteiger partial charge in [-0.2, -0.15) is 0 Å². The lowest BCUT2D eigenvalue weighted by molar-refractivity contribution is 0.251. The van der Waals surface area contributed by atoms with Crippen molar-refractivity contribution in [2.24, 2.45) is 0 Å². The van der Waals surface area contributed by atoms with E-state index in [1.54, 1.807) is 18.2 Å². The van der Waals surface area contributed by atoms with Crippen LogP contribution in [0.25, 0.3) is 0 Å². The minimum absolute atomic E-state index is 0.284. The smallest absolute Gasteiger partial charge is 0.144 e. The van der Waals surface area contributed by atoms with Gasteiger partial charge in [-0.1, -0.05) is 17.2 Å². The molecule has 104 valence electrons. The summed E-state index contributed by atoms with van der Waals surface area (Å²) in [7, 11) is 0. The van der Waals surface area contributed by atoms with Crippen LogP contribution in [0.1, 0.15) is 33.6 Å². The Balaban J connectivity index is 2.46. The Morgan fingerprint density at radius 3 is 2.47 bits per heavy atom. The number of rotatable bonds is 6. The van der Waals surface area contributed by atoms with Gasteiger partial charge in [0.25, 0.3) is 0 Å². The molecule has 2 N–H and O–H groups in total. The molecular formula is C16H22FNO. The van der Waals surface area contributed by atoms with Crippen LogP contribution in [0.2, 0.25) is 0 Å². The number of benzene rings is 1. The number of aliphatic hydroxyl groups excluding tert-OH is 1. The highest BCUT2D eigenvalue weighted by molar-refractivity contribution is 5.44. The molecule has 0 aliphatic rings. The summed E-state index contributed by atoms with van der Waals surface area (Å²) in [6.45, 7) is 6.14. The second-order valence-electron chi connectivity index (χ2n) is 4.93. The highest BCUT2D eigenvalue weighted by Crippen LogP contribution is 2.12. The standard InChI is InChI=1S/C16H22FNO/c1-12(2)5-4-6-13(3)11-16(19)18-15-9-7-14(17)8-10-15/h5,7-11,16,18-19H,4,6H2,1-3H3. The second-order valence-corrected chi connectivity index (χ2v) is 4.93. The molecule has 1 rings (SSSR count). The summed E-state index contributed by atoms with van der Waals surface area (Å²) in [6, 6.07) is 5.93. The first-order valence-corrected chi connectivity index (χ1v) is 6.48. The van der Waals surface area contributed by atoms with Crippen LogP contribution in [-0.4, -0.2) is 11.3 Å². The number of aliphatic hydroxyl groups is 1. The van der Waals surface area contributed by atoms with Gasteiger partial charge in [-0.25, -0.2) is 4.39 Å². The van der Waals surface area contributed by atoms with Crippen molar-refractivity contribution < 1.29 is 9.50 Å². The first-order chi connectivity index (χ1) is 8.97. The minimum Gasteiger partial charge on any atom is -0.370 e. The highest BCUT2D eigenvalue weighted by atomic mass is 19.1. The number of allylic oxidation sites excluding steroid dienone is 3. The zero-order valence-corrected chi connectivity index (χ0v) is 11.8. The zero-order valence-electron chi connectivity index (χ0n) is 11.8. The fourth-order valence-corrected chi connectivity index (χ4v) is 1.70. The molecule has 1 aromatic rings. The van der Waals surface area contributed by atoms with Crippen molar-refractivity contribution in [2.45, 2.75) is 39.8 Å². The molecule has 0 amide bonds. The number of anilines is 1. The molecule has 0 spiro atoms. The van der Waals surface area contributed by atoms with Gasteiger partial charge in [0.05, 0.1) is 0 Å². The largest absolute Gasteiger partial charge is 0.370 e. The van der Waals surface area contributed by atoms with Gasteiger partial charge in [-0.05, 0) is 64.0 Å². The third-order valence-electron chi connectivity index (χ3n) is 2.69. The van der Waals surface area contributed by atoms with Crippen LogP contribution >= 0.6 is 0 Å². The van der Waals surface area contributed by atoms with Crippen LogP contribution < -0.4 is 5.32 Å². The topological polar surface area (TPSA) is 32.3 Å². The molecule has 2 nitrogen and oxygen atoms in total. The van der Waals surface area contributed by atoms with E-state index in [2.05, 4.69) is 25.2 Å². The maximum absolute atomic E-state index is 12.7. The van der Waals surface area contributed by atoms with Crippen molar-refractivity contribution in [2.75, 3.05) is 5.32 Å². The van der Waals surface area contributed by atoms with Gasteiger partial charge in [0, 0.05) is 5.69 Å². The molecule has 0 aliphatic carbocycles. The van der Waals surface area contributed by atoms with Crippen molar-refractivity contribution in [3.8, 4) is 0 Å². The predicted octanol–water partition coefficient (Wildman–Crippen LogP) is 4.25. The third kappa shape index (κ3) is 6.77. The van der Waals surface area contributed by atoms with Gasteiger partial charge in [0.1, 0.15) is 12.0 Å². The van der Waals surface area contributed by atoms with Gasteiger partial charge in [-0.3, -0.25) is 0 Å². The first kappa shape index (κ1) is 15.4. The van der Waals surface area contributed by atoms with Crippen LogP contribution in [0.4, 0.5) is 10.1 Å². The molecule has 3 heteroatoms. The summed E-state index contributed by atoms with van der Waals surface area (Å²) in [5, 5.41) is 12.8. The molecule has 0 aliphatic heterocycles. The lowest BCUT2D eigenvalue weighted by Crippen LogP contribution is -2.16. The highest BCUT2D eigenvalue weighted by Gasteiger charge is 2.01. The maximum Gasteiger partial charge on any atom is 0.144 e. The summed E-state index contributed by atoms with van der Waals surface area (Å²) in [4.78, 5) is 0. The number of hydrogen-bond acceptors (Lipinski definition) is 2. The average Bonchev–Trinajstić information content (AvgIpc) is 2.31. The molecule has 0 fully saturated rings. The number of halogens is 1. The fraction of sp³-hybridized carbons (Fsp3) is 0.375. The van der Waals surface area contributed by atoms with Gasteiger partial charge in [0.15, 0.2) is 0 Å². The Bertz CT molecular complexity index is 444. The minimum atomic E-state index is -0.753. The van der Waals surface area contributed by atoms with Gasteiger partial charge >= 0.3 is 0 Å². The maximum atomic E-state index is 12.7. The third-order valence-corrected chi connectivity index (χ3v) is 2.69. The lowest BCUT2D eigenvalue weighted by Gasteiger charge is -2.11. The van der Waals surface area contributed by atoms with Gasteiger partial charge in [-0.15, -0.1) is 0 Å². The normalized spacial score (nSPS) is 13.0. The summed E-state index contributed by atoms with van der Waals surface area (Å²) >= 11 is 0. The quantitative estimate of drug-likeness (QED) is 0.594. The lowest BCUT2D eigenvalue weighted by atomic mass is 10.1. The Kier molecular flexibility index (Phi) is 6.30. The molecule has 0 heterocycles. The molecule has 0 saturated carbocycles. The first-order valence-electron chi connectivity index (χ1n) is 6.48. The van der Waals surface area contributed by atoms with E-state index >= 15 is 0 Å². The molecule has 1 atom stereocenters. The Morgan fingerprint density at radius 1 is 1.26 bits per heavy atom. The summed E-state index contributed by atoms with van der Waals surface area (Å²) in [5.41, 5.74) is 3.12. The van der Waals surface area contributed by atoms with Crippen molar-refractivity contribution in [1.82, 2.24) is 0 Å². The SMILES string of the molecule is CC(C)=CCCC(C)=CC(O)Nc1ccc(F)cc1. The Morgan fingerprint density at radius 2 is 1.89 bits per heavy atom. The zero-order chi connectivity index (χ0) is 14.3. The molecule has 1 aromatic carbocycles. The van der Waals surface area contributed by atoms with E-state index in [9.17, 15) is 9.50 Å². The van der Waals surface area contributed by atoms with E-state index in [1.165, 1.54) is 17.7 Å². The molecule has 0 bridgehead atoms. The number of nitrogens with one attached hydrogen (secondary N) is 1. The summed E-state index contributed by atoms with van der Waals surface area (Å²) in [6.07, 6.45) is 5.11. The monoisotopic (exact) mass is 263 g/mol. The Hall–Kier alpha value is -1.61. The van der Waals surface area contributed by atoms with E-state index in [-0.39, 0.29) is 5.82 Å². The van der Waals surface area contributed by atoms with Crippen molar-refractivity contribution in [3.05, 3.63) is 53.4 Å². The van der Waals surface area contributed by atoms with Gasteiger partial charge in [0.2, 0.25) is 0 Å². The average molecular weight is 263 g/mol. The molecule has 0 radical (unpaired) electrons. The van der Waals surface area contributed by atoms with Crippen molar-refractivity contribution >= 4 is 5.69 Å². The number of hydrogen-bond donors (Lipinski definition) is 2. The van der Waals surface area contributed by atoms with Crippen LogP contribution in [-0.2, 0) is 0 Å². The molecule has 1 unspecified atom stereocenters. The molecular weight excluding hydrogens is 241 g/mol. The van der Waals surface area contributed by atoms with E-state index in [4.69, 9.17) is 0 Å². The van der Waals surface area contributed by atoms with Crippen molar-refractivity contribution in [1.29, 1.82) is 0 Å².